The maximum absolute atomic E-state index is 4.19. The molecular formula is C11H12BrN3. The number of hydrogen-bond acceptors (Lipinski definition) is 2. The zero-order valence-corrected chi connectivity index (χ0v) is 10.0. The molecule has 0 radical (unpaired) electrons. The number of halogens is 1. The molecule has 3 nitrogen and oxygen atoms in total. The topological polar surface area (TPSA) is 29.9 Å². The lowest BCUT2D eigenvalue weighted by molar-refractivity contribution is 0.814. The highest BCUT2D eigenvalue weighted by atomic mass is 79.9. The summed E-state index contributed by atoms with van der Waals surface area (Å²) in [7, 11) is 1.94. The summed E-state index contributed by atoms with van der Waals surface area (Å²) < 4.78 is 2.90. The maximum Gasteiger partial charge on any atom is 0.0787 e. The van der Waals surface area contributed by atoms with Gasteiger partial charge >= 0.3 is 0 Å². The summed E-state index contributed by atoms with van der Waals surface area (Å²) in [6.07, 6.45) is 3.70. The van der Waals surface area contributed by atoms with Crippen molar-refractivity contribution >= 4 is 15.9 Å². The molecule has 0 aliphatic heterocycles. The molecule has 0 atom stereocenters. The van der Waals surface area contributed by atoms with Gasteiger partial charge in [0.1, 0.15) is 0 Å². The van der Waals surface area contributed by atoms with Crippen molar-refractivity contribution in [2.24, 2.45) is 0 Å². The second-order valence-corrected chi connectivity index (χ2v) is 4.12. The van der Waals surface area contributed by atoms with Crippen LogP contribution in [0.1, 0.15) is 5.56 Å². The molecule has 15 heavy (non-hydrogen) atoms. The van der Waals surface area contributed by atoms with Gasteiger partial charge in [0.25, 0.3) is 0 Å². The Hall–Kier alpha value is -1.13. The van der Waals surface area contributed by atoms with Crippen LogP contribution >= 0.6 is 15.9 Å². The van der Waals surface area contributed by atoms with Crippen LogP contribution in [-0.4, -0.2) is 16.8 Å². The maximum atomic E-state index is 4.19. The number of hydrogen-bond donors (Lipinski definition) is 1. The van der Waals surface area contributed by atoms with Gasteiger partial charge in [0, 0.05) is 23.4 Å². The fourth-order valence-corrected chi connectivity index (χ4v) is 2.07. The summed E-state index contributed by atoms with van der Waals surface area (Å²) in [6, 6.07) is 8.17. The largest absolute Gasteiger partial charge is 0.316 e. The summed E-state index contributed by atoms with van der Waals surface area (Å²) in [4.78, 5) is 0. The highest BCUT2D eigenvalue weighted by Crippen LogP contribution is 2.21. The van der Waals surface area contributed by atoms with Crippen molar-refractivity contribution in [3.63, 3.8) is 0 Å². The van der Waals surface area contributed by atoms with Crippen molar-refractivity contribution < 1.29 is 0 Å². The summed E-state index contributed by atoms with van der Waals surface area (Å²) in [5.41, 5.74) is 2.31. The first-order valence-corrected chi connectivity index (χ1v) is 5.53. The summed E-state index contributed by atoms with van der Waals surface area (Å²) in [5, 5.41) is 7.32. The van der Waals surface area contributed by atoms with E-state index in [4.69, 9.17) is 0 Å². The van der Waals surface area contributed by atoms with E-state index < -0.39 is 0 Å². The molecule has 1 N–H and O–H groups in total. The van der Waals surface area contributed by atoms with Gasteiger partial charge < -0.3 is 5.32 Å². The quantitative estimate of drug-likeness (QED) is 0.924. The first kappa shape index (κ1) is 10.4. The summed E-state index contributed by atoms with van der Waals surface area (Å²) in [5.74, 6) is 0. The van der Waals surface area contributed by atoms with Crippen LogP contribution in [-0.2, 0) is 6.54 Å². The van der Waals surface area contributed by atoms with Crippen LogP contribution in [0.3, 0.4) is 0 Å². The molecule has 0 aliphatic carbocycles. The number of benzene rings is 1. The predicted octanol–water partition coefficient (Wildman–Crippen LogP) is 2.35. The lowest BCUT2D eigenvalue weighted by Crippen LogP contribution is -2.05. The Morgan fingerprint density at radius 3 is 2.93 bits per heavy atom. The Labute approximate surface area is 97.2 Å². The van der Waals surface area contributed by atoms with Crippen LogP contribution in [0.5, 0.6) is 0 Å². The van der Waals surface area contributed by atoms with E-state index in [0.717, 1.165) is 16.7 Å². The number of nitrogens with zero attached hydrogens (tertiary/aromatic N) is 2. The van der Waals surface area contributed by atoms with E-state index >= 15 is 0 Å². The summed E-state index contributed by atoms with van der Waals surface area (Å²) >= 11 is 3.55. The first-order chi connectivity index (χ1) is 7.31. The minimum Gasteiger partial charge on any atom is -0.316 e. The third kappa shape index (κ3) is 2.27. The predicted molar refractivity (Wildman–Crippen MR) is 64.0 cm³/mol. The Morgan fingerprint density at radius 1 is 1.47 bits per heavy atom. The second kappa shape index (κ2) is 4.59. The van der Waals surface area contributed by atoms with Crippen LogP contribution in [0.15, 0.2) is 41.1 Å². The zero-order chi connectivity index (χ0) is 10.7. The van der Waals surface area contributed by atoms with Gasteiger partial charge in [-0.1, -0.05) is 6.07 Å². The third-order valence-corrected chi connectivity index (χ3v) is 2.78. The number of aromatic nitrogens is 2. The molecule has 0 fully saturated rings. The Bertz CT molecular complexity index is 437. The second-order valence-electron chi connectivity index (χ2n) is 3.27. The fraction of sp³-hybridized carbons (Fsp3) is 0.182. The molecule has 2 rings (SSSR count). The SMILES string of the molecule is CNCc1ccc(-n2cccn2)c(Br)c1. The van der Waals surface area contributed by atoms with Crippen molar-refractivity contribution in [2.75, 3.05) is 7.05 Å². The van der Waals surface area contributed by atoms with Crippen LogP contribution < -0.4 is 5.32 Å². The average molecular weight is 266 g/mol. The van der Waals surface area contributed by atoms with E-state index in [2.05, 4.69) is 44.5 Å². The van der Waals surface area contributed by atoms with Crippen LogP contribution in [0.4, 0.5) is 0 Å². The molecule has 1 heterocycles. The van der Waals surface area contributed by atoms with Crippen LogP contribution in [0, 0.1) is 0 Å². The van der Waals surface area contributed by atoms with Crippen molar-refractivity contribution in [2.45, 2.75) is 6.54 Å². The smallest absolute Gasteiger partial charge is 0.0787 e. The Balaban J connectivity index is 2.35. The van der Waals surface area contributed by atoms with E-state index in [1.807, 2.05) is 24.0 Å². The Morgan fingerprint density at radius 2 is 2.33 bits per heavy atom. The standard InChI is InChI=1S/C11H12BrN3/c1-13-8-9-3-4-11(10(12)7-9)15-6-2-5-14-15/h2-7,13H,8H2,1H3. The highest BCUT2D eigenvalue weighted by Gasteiger charge is 2.03. The zero-order valence-electron chi connectivity index (χ0n) is 8.44. The molecule has 4 heteroatoms. The fourth-order valence-electron chi connectivity index (χ4n) is 1.46. The molecule has 0 aliphatic rings. The van der Waals surface area contributed by atoms with Gasteiger partial charge in [-0.2, -0.15) is 5.10 Å². The molecular weight excluding hydrogens is 254 g/mol. The van der Waals surface area contributed by atoms with E-state index in [0.29, 0.717) is 0 Å². The molecule has 0 saturated carbocycles. The monoisotopic (exact) mass is 265 g/mol. The van der Waals surface area contributed by atoms with Crippen molar-refractivity contribution in [3.8, 4) is 5.69 Å². The molecule has 1 aromatic carbocycles. The Kier molecular flexibility index (Phi) is 3.18. The molecule has 0 amide bonds. The van der Waals surface area contributed by atoms with E-state index in [1.54, 1.807) is 6.20 Å². The van der Waals surface area contributed by atoms with E-state index in [1.165, 1.54) is 5.56 Å². The number of rotatable bonds is 3. The molecule has 0 unspecified atom stereocenters. The van der Waals surface area contributed by atoms with Crippen molar-refractivity contribution in [1.29, 1.82) is 0 Å². The average Bonchev–Trinajstić information content (AvgIpc) is 2.71. The third-order valence-electron chi connectivity index (χ3n) is 2.14. The molecule has 2 aromatic rings. The molecule has 78 valence electrons. The van der Waals surface area contributed by atoms with Gasteiger partial charge in [-0.15, -0.1) is 0 Å². The van der Waals surface area contributed by atoms with Crippen LogP contribution in [0.2, 0.25) is 0 Å². The van der Waals surface area contributed by atoms with E-state index in [9.17, 15) is 0 Å². The van der Waals surface area contributed by atoms with Gasteiger partial charge in [0.15, 0.2) is 0 Å². The van der Waals surface area contributed by atoms with Gasteiger partial charge in [0.2, 0.25) is 0 Å². The minimum absolute atomic E-state index is 0.873. The van der Waals surface area contributed by atoms with Gasteiger partial charge in [-0.3, -0.25) is 0 Å². The van der Waals surface area contributed by atoms with E-state index in [-0.39, 0.29) is 0 Å². The van der Waals surface area contributed by atoms with Crippen molar-refractivity contribution in [1.82, 2.24) is 15.1 Å². The lowest BCUT2D eigenvalue weighted by atomic mass is 10.2. The first-order valence-electron chi connectivity index (χ1n) is 4.74. The lowest BCUT2D eigenvalue weighted by Gasteiger charge is -2.07. The molecule has 0 bridgehead atoms. The normalized spacial score (nSPS) is 10.5. The minimum atomic E-state index is 0.873. The van der Waals surface area contributed by atoms with Gasteiger partial charge in [-0.05, 0) is 46.7 Å². The van der Waals surface area contributed by atoms with Gasteiger partial charge in [0.05, 0.1) is 5.69 Å². The summed E-state index contributed by atoms with van der Waals surface area (Å²) in [6.45, 7) is 0.873. The number of nitrogens with one attached hydrogen (secondary N) is 1. The van der Waals surface area contributed by atoms with Crippen molar-refractivity contribution in [3.05, 3.63) is 46.7 Å². The van der Waals surface area contributed by atoms with Gasteiger partial charge in [-0.25, -0.2) is 4.68 Å². The molecule has 0 saturated heterocycles. The van der Waals surface area contributed by atoms with Crippen LogP contribution in [0.25, 0.3) is 5.69 Å². The highest BCUT2D eigenvalue weighted by molar-refractivity contribution is 9.10. The molecule has 0 spiro atoms. The molecule has 1 aromatic heterocycles.